The second kappa shape index (κ2) is 8.31. The summed E-state index contributed by atoms with van der Waals surface area (Å²) in [4.78, 5) is 10.3. The van der Waals surface area contributed by atoms with Crippen LogP contribution < -0.4 is 0 Å². The maximum Gasteiger partial charge on any atom is 0.306 e. The van der Waals surface area contributed by atoms with E-state index in [4.69, 9.17) is 5.11 Å². The topological polar surface area (TPSA) is 37.3 Å². The first kappa shape index (κ1) is 13.8. The summed E-state index contributed by atoms with van der Waals surface area (Å²) in [6.07, 6.45) is 4.18. The van der Waals surface area contributed by atoms with E-state index < -0.39 is 5.97 Å². The zero-order valence-electron chi connectivity index (χ0n) is 7.06. The van der Waals surface area contributed by atoms with Crippen LogP contribution in [0.15, 0.2) is 0 Å². The Balaban J connectivity index is 0. The fourth-order valence-electron chi connectivity index (χ4n) is 0.824. The monoisotopic (exact) mass is 251 g/mol. The first-order chi connectivity index (χ1) is 4.68. The predicted molar refractivity (Wildman–Crippen MR) is 40.9 cm³/mol. The number of carboxylic acids is 1. The molecule has 0 aromatic carbocycles. The Labute approximate surface area is 83.9 Å². The molecule has 0 aliphatic carbocycles. The zero-order valence-corrected chi connectivity index (χ0v) is 8.55. The molecule has 71 valence electrons. The van der Waals surface area contributed by atoms with Crippen molar-refractivity contribution in [2.45, 2.75) is 39.5 Å². The molecule has 0 aromatic rings. The Morgan fingerprint density at radius 2 is 2.00 bits per heavy atom. The van der Waals surface area contributed by atoms with Crippen LogP contribution in [0, 0.1) is 5.92 Å². The molecule has 11 heavy (non-hydrogen) atoms. The maximum atomic E-state index is 10.3. The van der Waals surface area contributed by atoms with E-state index in [-0.39, 0.29) is 28.3 Å². The van der Waals surface area contributed by atoms with E-state index in [0.29, 0.717) is 0 Å². The summed E-state index contributed by atoms with van der Waals surface area (Å²) in [5.74, 6) is -0.831. The molecule has 2 nitrogen and oxygen atoms in total. The zero-order chi connectivity index (χ0) is 7.98. The van der Waals surface area contributed by atoms with Crippen molar-refractivity contribution in [1.29, 1.82) is 0 Å². The Morgan fingerprint density at radius 3 is 2.36 bits per heavy atom. The van der Waals surface area contributed by atoms with Gasteiger partial charge in [-0.15, -0.1) is 0 Å². The SMILES string of the molecule is CCCCCC(C)C(=O)O.[Ag]. The van der Waals surface area contributed by atoms with Crippen molar-refractivity contribution in [3.8, 4) is 0 Å². The second-order valence-corrected chi connectivity index (χ2v) is 2.74. The van der Waals surface area contributed by atoms with Gasteiger partial charge in [-0.2, -0.15) is 0 Å². The van der Waals surface area contributed by atoms with Crippen molar-refractivity contribution in [3.63, 3.8) is 0 Å². The van der Waals surface area contributed by atoms with Gasteiger partial charge in [0.25, 0.3) is 0 Å². The van der Waals surface area contributed by atoms with Crippen LogP contribution in [-0.4, -0.2) is 11.1 Å². The minimum atomic E-state index is -0.670. The number of unbranched alkanes of at least 4 members (excludes halogenated alkanes) is 2. The molecule has 0 rings (SSSR count). The molecular weight excluding hydrogens is 236 g/mol. The summed E-state index contributed by atoms with van der Waals surface area (Å²) in [6, 6.07) is 0. The predicted octanol–water partition coefficient (Wildman–Crippen LogP) is 2.28. The van der Waals surface area contributed by atoms with Crippen LogP contribution in [0.4, 0.5) is 0 Å². The van der Waals surface area contributed by atoms with Gasteiger partial charge in [-0.25, -0.2) is 0 Å². The van der Waals surface area contributed by atoms with Gasteiger partial charge in [0.1, 0.15) is 0 Å². The fraction of sp³-hybridized carbons (Fsp3) is 0.875. The van der Waals surface area contributed by atoms with Crippen LogP contribution >= 0.6 is 0 Å². The molecule has 1 radical (unpaired) electrons. The first-order valence-electron chi connectivity index (χ1n) is 3.91. The third kappa shape index (κ3) is 8.11. The number of rotatable bonds is 5. The van der Waals surface area contributed by atoms with Gasteiger partial charge in [0, 0.05) is 22.4 Å². The molecular formula is C8H16AgO2. The molecule has 1 N–H and O–H groups in total. The molecule has 1 atom stereocenters. The van der Waals surface area contributed by atoms with Crippen LogP contribution in [0.25, 0.3) is 0 Å². The normalized spacial score (nSPS) is 11.8. The van der Waals surface area contributed by atoms with Crippen molar-refractivity contribution in [3.05, 3.63) is 0 Å². The molecule has 0 saturated heterocycles. The Bertz CT molecular complexity index is 104. The number of hydrogen-bond acceptors (Lipinski definition) is 1. The number of carbonyl (C=O) groups is 1. The first-order valence-corrected chi connectivity index (χ1v) is 3.91. The van der Waals surface area contributed by atoms with Gasteiger partial charge in [0.05, 0.1) is 5.92 Å². The number of carboxylic acid groups (broad SMARTS) is 1. The average Bonchev–Trinajstić information content (AvgIpc) is 1.88. The third-order valence-corrected chi connectivity index (χ3v) is 1.66. The molecule has 0 spiro atoms. The van der Waals surface area contributed by atoms with Crippen molar-refractivity contribution in [1.82, 2.24) is 0 Å². The van der Waals surface area contributed by atoms with Gasteiger partial charge in [-0.1, -0.05) is 33.1 Å². The van der Waals surface area contributed by atoms with Gasteiger partial charge in [0.15, 0.2) is 0 Å². The largest absolute Gasteiger partial charge is 0.481 e. The molecule has 0 heterocycles. The van der Waals surface area contributed by atoms with E-state index >= 15 is 0 Å². The average molecular weight is 252 g/mol. The molecule has 3 heteroatoms. The van der Waals surface area contributed by atoms with Crippen LogP contribution in [0.2, 0.25) is 0 Å². The Hall–Kier alpha value is 0.210. The van der Waals surface area contributed by atoms with Crippen LogP contribution in [0.1, 0.15) is 39.5 Å². The smallest absolute Gasteiger partial charge is 0.306 e. The number of aliphatic carboxylic acids is 1. The molecule has 1 unspecified atom stereocenters. The van der Waals surface area contributed by atoms with E-state index in [2.05, 4.69) is 6.92 Å². The number of hydrogen-bond donors (Lipinski definition) is 1. The summed E-state index contributed by atoms with van der Waals surface area (Å²) >= 11 is 0. The Kier molecular flexibility index (Phi) is 10.4. The third-order valence-electron chi connectivity index (χ3n) is 1.66. The van der Waals surface area contributed by atoms with Crippen molar-refractivity contribution in [2.24, 2.45) is 5.92 Å². The van der Waals surface area contributed by atoms with Gasteiger partial charge in [-0.05, 0) is 6.42 Å². The van der Waals surface area contributed by atoms with Gasteiger partial charge < -0.3 is 5.11 Å². The summed E-state index contributed by atoms with van der Waals surface area (Å²) in [5, 5.41) is 8.48. The van der Waals surface area contributed by atoms with Crippen molar-refractivity contribution < 1.29 is 32.3 Å². The fourth-order valence-corrected chi connectivity index (χ4v) is 0.824. The van der Waals surface area contributed by atoms with E-state index in [9.17, 15) is 4.79 Å². The van der Waals surface area contributed by atoms with Gasteiger partial charge in [0.2, 0.25) is 0 Å². The molecule has 0 amide bonds. The van der Waals surface area contributed by atoms with Crippen molar-refractivity contribution in [2.75, 3.05) is 0 Å². The van der Waals surface area contributed by atoms with Crippen LogP contribution in [0.5, 0.6) is 0 Å². The van der Waals surface area contributed by atoms with E-state index in [1.807, 2.05) is 0 Å². The quantitative estimate of drug-likeness (QED) is 0.602. The Morgan fingerprint density at radius 1 is 1.45 bits per heavy atom. The summed E-state index contributed by atoms with van der Waals surface area (Å²) < 4.78 is 0. The standard InChI is InChI=1S/C8H16O2.Ag/c1-3-4-5-6-7(2)8(9)10;/h7H,3-6H2,1-2H3,(H,9,10);. The summed E-state index contributed by atoms with van der Waals surface area (Å²) in [6.45, 7) is 3.88. The minimum absolute atomic E-state index is 0. The van der Waals surface area contributed by atoms with Crippen LogP contribution in [0.3, 0.4) is 0 Å². The summed E-state index contributed by atoms with van der Waals surface area (Å²) in [5.41, 5.74) is 0. The minimum Gasteiger partial charge on any atom is -0.481 e. The van der Waals surface area contributed by atoms with Gasteiger partial charge >= 0.3 is 5.97 Å². The van der Waals surface area contributed by atoms with Gasteiger partial charge in [-0.3, -0.25) is 4.79 Å². The molecule has 0 aliphatic heterocycles. The van der Waals surface area contributed by atoms with E-state index in [1.54, 1.807) is 6.92 Å². The van der Waals surface area contributed by atoms with E-state index in [1.165, 1.54) is 0 Å². The molecule has 0 aromatic heterocycles. The summed E-state index contributed by atoms with van der Waals surface area (Å²) in [7, 11) is 0. The molecule has 0 saturated carbocycles. The van der Waals surface area contributed by atoms with E-state index in [0.717, 1.165) is 25.7 Å². The second-order valence-electron chi connectivity index (χ2n) is 2.74. The van der Waals surface area contributed by atoms with Crippen LogP contribution in [-0.2, 0) is 27.2 Å². The molecule has 0 aliphatic rings. The maximum absolute atomic E-state index is 10.3. The molecule has 0 bridgehead atoms. The molecule has 0 fully saturated rings. The van der Waals surface area contributed by atoms with Crippen molar-refractivity contribution >= 4 is 5.97 Å².